The summed E-state index contributed by atoms with van der Waals surface area (Å²) in [6, 6.07) is 2.63. The molecule has 48 heavy (non-hydrogen) atoms. The van der Waals surface area contributed by atoms with Gasteiger partial charge < -0.3 is 10.2 Å². The molecule has 5 atom stereocenters. The van der Waals surface area contributed by atoms with E-state index in [4.69, 9.17) is 0 Å². The molecule has 4 amide bonds. The number of carbonyl (C=O) groups is 5. The van der Waals surface area contributed by atoms with E-state index in [1.54, 1.807) is 6.07 Å². The first-order valence-corrected chi connectivity index (χ1v) is 19.8. The van der Waals surface area contributed by atoms with E-state index in [0.717, 1.165) is 57.9 Å². The number of nitrogens with one attached hydrogen (secondary N) is 1. The molecule has 3 aliphatic heterocycles. The molecule has 1 N–H and O–H groups in total. The van der Waals surface area contributed by atoms with Gasteiger partial charge in [-0.25, -0.2) is 0 Å². The minimum absolute atomic E-state index is 0.0511. The van der Waals surface area contributed by atoms with Gasteiger partial charge in [0, 0.05) is 43.7 Å². The highest BCUT2D eigenvalue weighted by molar-refractivity contribution is 7.99. The Bertz CT molecular complexity index is 1700. The molecule has 256 valence electrons. The lowest BCUT2D eigenvalue weighted by Gasteiger charge is -2.44. The standard InChI is InChI=1S/C37H46N4O5S2/c1-5-47-27-19-22-30-29-21(18-28(48-6-2)32(30)37(46)41(35(22)44)26-16-10-9-15-25(26)39(3)4)34(43)40(36(45)31(27)29)24-14-8-7-12-20(24)33(42)23-13-11-17-38-23/h18-20,23-26,38H,5-17H2,1-4H3/t20-,23+,24-,25-,26-/m1/s1. The SMILES string of the molecule is CCSc1cc2c3c(c(SCC)cc4c3c1C(=O)N([C@@H]1CCCC[C@H]1N(C)C)C4=O)C(=O)N([C@@H]1CCCC[C@H]1C(=O)[C@@H]1CCCN1)C2=O. The van der Waals surface area contributed by atoms with E-state index >= 15 is 0 Å². The lowest BCUT2D eigenvalue weighted by Crippen LogP contribution is -2.57. The zero-order chi connectivity index (χ0) is 33.9. The summed E-state index contributed by atoms with van der Waals surface area (Å²) in [6.45, 7) is 4.81. The van der Waals surface area contributed by atoms with Crippen LogP contribution in [0.25, 0.3) is 10.8 Å². The van der Waals surface area contributed by atoms with E-state index in [1.807, 2.05) is 34.0 Å². The van der Waals surface area contributed by atoms with Gasteiger partial charge in [0.15, 0.2) is 5.78 Å². The molecule has 0 radical (unpaired) electrons. The second-order valence-electron chi connectivity index (χ2n) is 14.1. The third-order valence-corrected chi connectivity index (χ3v) is 13.1. The maximum atomic E-state index is 14.8. The summed E-state index contributed by atoms with van der Waals surface area (Å²) >= 11 is 2.97. The molecule has 9 nitrogen and oxygen atoms in total. The zero-order valence-electron chi connectivity index (χ0n) is 28.4. The molecule has 3 heterocycles. The fourth-order valence-electron chi connectivity index (χ4n) is 9.11. The van der Waals surface area contributed by atoms with Crippen LogP contribution in [0.5, 0.6) is 0 Å². The van der Waals surface area contributed by atoms with Crippen molar-refractivity contribution in [2.75, 3.05) is 32.1 Å². The molecule has 2 aromatic rings. The second kappa shape index (κ2) is 13.5. The summed E-state index contributed by atoms with van der Waals surface area (Å²) in [5.41, 5.74) is 1.57. The highest BCUT2D eigenvalue weighted by Crippen LogP contribution is 2.48. The van der Waals surface area contributed by atoms with Crippen molar-refractivity contribution in [3.8, 4) is 0 Å². The molecule has 0 aromatic heterocycles. The van der Waals surface area contributed by atoms with Gasteiger partial charge in [-0.1, -0.05) is 39.5 Å². The minimum atomic E-state index is -0.529. The van der Waals surface area contributed by atoms with Crippen molar-refractivity contribution < 1.29 is 24.0 Å². The van der Waals surface area contributed by atoms with Gasteiger partial charge in [-0.05, 0) is 82.8 Å². The van der Waals surface area contributed by atoms with Crippen molar-refractivity contribution >= 4 is 63.7 Å². The van der Waals surface area contributed by atoms with Crippen molar-refractivity contribution in [1.82, 2.24) is 20.0 Å². The van der Waals surface area contributed by atoms with Crippen LogP contribution in [-0.4, -0.2) is 100 Å². The van der Waals surface area contributed by atoms with Gasteiger partial charge in [0.1, 0.15) is 0 Å². The van der Waals surface area contributed by atoms with E-state index in [-0.39, 0.29) is 35.7 Å². The fraction of sp³-hybridized carbons (Fsp3) is 0.595. The molecule has 0 unspecified atom stereocenters. The highest BCUT2D eigenvalue weighted by Gasteiger charge is 2.49. The van der Waals surface area contributed by atoms with Crippen LogP contribution in [0, 0.1) is 5.92 Å². The molecule has 1 saturated heterocycles. The number of amides is 4. The largest absolute Gasteiger partial charge is 0.307 e. The molecule has 2 aromatic carbocycles. The predicted molar refractivity (Wildman–Crippen MR) is 189 cm³/mol. The van der Waals surface area contributed by atoms with Crippen LogP contribution in [0.3, 0.4) is 0 Å². The zero-order valence-corrected chi connectivity index (χ0v) is 30.1. The number of nitrogens with zero attached hydrogens (tertiary/aromatic N) is 3. The molecule has 7 rings (SSSR count). The maximum Gasteiger partial charge on any atom is 0.262 e. The number of imide groups is 2. The van der Waals surface area contributed by atoms with Gasteiger partial charge in [0.2, 0.25) is 0 Å². The van der Waals surface area contributed by atoms with Gasteiger partial charge >= 0.3 is 0 Å². The maximum absolute atomic E-state index is 14.8. The van der Waals surface area contributed by atoms with E-state index in [1.165, 1.54) is 33.3 Å². The van der Waals surface area contributed by atoms with Crippen LogP contribution >= 0.6 is 23.5 Å². The van der Waals surface area contributed by atoms with Crippen LogP contribution in [0.15, 0.2) is 21.9 Å². The van der Waals surface area contributed by atoms with E-state index in [2.05, 4.69) is 10.2 Å². The number of hydrogen-bond donors (Lipinski definition) is 1. The van der Waals surface area contributed by atoms with Crippen LogP contribution in [0.2, 0.25) is 0 Å². The quantitative estimate of drug-likeness (QED) is 0.250. The lowest BCUT2D eigenvalue weighted by molar-refractivity contribution is -0.127. The third-order valence-electron chi connectivity index (χ3n) is 11.2. The van der Waals surface area contributed by atoms with Crippen LogP contribution in [-0.2, 0) is 4.79 Å². The average Bonchev–Trinajstić information content (AvgIpc) is 3.62. The smallest absolute Gasteiger partial charge is 0.262 e. The van der Waals surface area contributed by atoms with Gasteiger partial charge in [-0.3, -0.25) is 33.8 Å². The first-order valence-electron chi connectivity index (χ1n) is 17.8. The molecular formula is C37H46N4O5S2. The Morgan fingerprint density at radius 1 is 0.729 bits per heavy atom. The number of benzene rings is 2. The number of likely N-dealkylation sites (N-methyl/N-ethyl adjacent to an activating group) is 1. The first kappa shape index (κ1) is 33.8. The number of Topliss-reactive ketones (excluding diaryl/α,β-unsaturated/α-hetero) is 1. The van der Waals surface area contributed by atoms with Crippen molar-refractivity contribution in [1.29, 1.82) is 0 Å². The Hall–Kier alpha value is -2.73. The first-order chi connectivity index (χ1) is 23.2. The molecule has 2 saturated carbocycles. The molecule has 5 aliphatic rings. The molecule has 11 heteroatoms. The van der Waals surface area contributed by atoms with Crippen molar-refractivity contribution in [2.45, 2.75) is 112 Å². The van der Waals surface area contributed by atoms with Crippen molar-refractivity contribution in [3.63, 3.8) is 0 Å². The summed E-state index contributed by atoms with van der Waals surface area (Å²) < 4.78 is 0. The summed E-state index contributed by atoms with van der Waals surface area (Å²) in [7, 11) is 4.01. The third kappa shape index (κ3) is 5.34. The van der Waals surface area contributed by atoms with Crippen LogP contribution in [0.1, 0.15) is 119 Å². The number of hydrogen-bond acceptors (Lipinski definition) is 9. The molecule has 0 bridgehead atoms. The minimum Gasteiger partial charge on any atom is -0.307 e. The monoisotopic (exact) mass is 690 g/mol. The normalized spacial score (nSPS) is 27.5. The summed E-state index contributed by atoms with van der Waals surface area (Å²) in [5, 5.41) is 4.20. The number of rotatable bonds is 9. The van der Waals surface area contributed by atoms with Crippen LogP contribution < -0.4 is 5.32 Å². The summed E-state index contributed by atoms with van der Waals surface area (Å²) in [6.07, 6.45) is 8.33. The average molecular weight is 691 g/mol. The van der Waals surface area contributed by atoms with Gasteiger partial charge in [0.25, 0.3) is 23.6 Å². The topological polar surface area (TPSA) is 107 Å². The lowest BCUT2D eigenvalue weighted by atomic mass is 9.77. The molecule has 3 fully saturated rings. The van der Waals surface area contributed by atoms with E-state index in [0.29, 0.717) is 67.2 Å². The van der Waals surface area contributed by atoms with Gasteiger partial charge in [-0.2, -0.15) is 0 Å². The van der Waals surface area contributed by atoms with Crippen molar-refractivity contribution in [2.24, 2.45) is 5.92 Å². The Balaban J connectivity index is 1.41. The molecule has 2 aliphatic carbocycles. The molecular weight excluding hydrogens is 645 g/mol. The summed E-state index contributed by atoms with van der Waals surface area (Å²) in [4.78, 5) is 79.0. The van der Waals surface area contributed by atoms with E-state index < -0.39 is 23.8 Å². The second-order valence-corrected chi connectivity index (χ2v) is 16.7. The number of ketones is 1. The van der Waals surface area contributed by atoms with Gasteiger partial charge in [0.05, 0.1) is 29.3 Å². The highest BCUT2D eigenvalue weighted by atomic mass is 32.2. The molecule has 0 spiro atoms. The predicted octanol–water partition coefficient (Wildman–Crippen LogP) is 6.01. The summed E-state index contributed by atoms with van der Waals surface area (Å²) in [5.74, 6) is -0.500. The number of thioether (sulfide) groups is 2. The number of carbonyl (C=O) groups excluding carboxylic acids is 5. The van der Waals surface area contributed by atoms with E-state index in [9.17, 15) is 24.0 Å². The fourth-order valence-corrected chi connectivity index (χ4v) is 10.8. The Kier molecular flexibility index (Phi) is 9.51. The Labute approximate surface area is 291 Å². The van der Waals surface area contributed by atoms with Gasteiger partial charge in [-0.15, -0.1) is 23.5 Å². The van der Waals surface area contributed by atoms with Crippen molar-refractivity contribution in [3.05, 3.63) is 34.4 Å². The Morgan fingerprint density at radius 3 is 1.77 bits per heavy atom. The Morgan fingerprint density at radius 2 is 1.25 bits per heavy atom. The van der Waals surface area contributed by atoms with Crippen LogP contribution in [0.4, 0.5) is 0 Å².